The highest BCUT2D eigenvalue weighted by Gasteiger charge is 2.33. The lowest BCUT2D eigenvalue weighted by Gasteiger charge is -2.12. The Kier molecular flexibility index (Phi) is 5.59. The highest BCUT2D eigenvalue weighted by Crippen LogP contribution is 2.33. The van der Waals surface area contributed by atoms with Crippen LogP contribution in [0, 0.1) is 0 Å². The van der Waals surface area contributed by atoms with Crippen molar-refractivity contribution in [2.24, 2.45) is 5.10 Å². The minimum absolute atomic E-state index is 0.181. The van der Waals surface area contributed by atoms with Gasteiger partial charge in [0, 0.05) is 36.3 Å². The molecular weight excluding hydrogens is 428 g/mol. The molecule has 0 N–H and O–H groups in total. The van der Waals surface area contributed by atoms with Crippen molar-refractivity contribution in [1.29, 1.82) is 0 Å². The molecule has 1 aromatic heterocycles. The summed E-state index contributed by atoms with van der Waals surface area (Å²) >= 11 is 1.41. The number of rotatable bonds is 5. The Bertz CT molecular complexity index is 1340. The third kappa shape index (κ3) is 4.21. The predicted molar refractivity (Wildman–Crippen MR) is 137 cm³/mol. The normalized spacial score (nSPS) is 14.6. The molecule has 0 spiro atoms. The fourth-order valence-electron chi connectivity index (χ4n) is 3.62. The van der Waals surface area contributed by atoms with Crippen molar-refractivity contribution < 1.29 is 4.79 Å². The molecule has 0 saturated heterocycles. The number of anilines is 2. The van der Waals surface area contributed by atoms with E-state index in [1.54, 1.807) is 0 Å². The van der Waals surface area contributed by atoms with E-state index in [1.165, 1.54) is 16.3 Å². The van der Waals surface area contributed by atoms with E-state index in [2.05, 4.69) is 0 Å². The number of nitrogens with zero attached hydrogens (tertiary/aromatic N) is 4. The summed E-state index contributed by atoms with van der Waals surface area (Å²) in [6, 6.07) is 27.8. The first kappa shape index (κ1) is 20.8. The molecule has 5 nitrogen and oxygen atoms in total. The summed E-state index contributed by atoms with van der Waals surface area (Å²) in [6.07, 6.45) is 1.90. The Balaban J connectivity index is 1.54. The van der Waals surface area contributed by atoms with Gasteiger partial charge in [-0.2, -0.15) is 10.1 Å². The van der Waals surface area contributed by atoms with Crippen LogP contribution in [-0.4, -0.2) is 30.7 Å². The van der Waals surface area contributed by atoms with Crippen LogP contribution in [0.1, 0.15) is 11.1 Å². The number of hydrazone groups is 1. The molecule has 6 heteroatoms. The lowest BCUT2D eigenvalue weighted by Crippen LogP contribution is -2.21. The molecule has 162 valence electrons. The van der Waals surface area contributed by atoms with E-state index < -0.39 is 0 Å². The lowest BCUT2D eigenvalue weighted by molar-refractivity contribution is -0.114. The molecule has 5 rings (SSSR count). The monoisotopic (exact) mass is 450 g/mol. The van der Waals surface area contributed by atoms with Crippen LogP contribution < -0.4 is 9.91 Å². The molecule has 2 heterocycles. The van der Waals surface area contributed by atoms with Gasteiger partial charge in [-0.25, -0.2) is 4.98 Å². The fourth-order valence-corrected chi connectivity index (χ4v) is 4.40. The van der Waals surface area contributed by atoms with E-state index >= 15 is 0 Å². The SMILES string of the molecule is CN(C)c1ccc(C=C2C(=O)N(c3nc(-c4ccccc4)cs3)N=C2c2ccccc2)cc1. The average molecular weight is 451 g/mol. The van der Waals surface area contributed by atoms with Crippen molar-refractivity contribution in [3.05, 3.63) is 107 Å². The number of carbonyl (C=O) groups is 1. The van der Waals surface area contributed by atoms with E-state index in [0.717, 1.165) is 28.1 Å². The number of aromatic nitrogens is 1. The van der Waals surface area contributed by atoms with Crippen molar-refractivity contribution in [2.45, 2.75) is 0 Å². The summed E-state index contributed by atoms with van der Waals surface area (Å²) in [4.78, 5) is 20.3. The first-order valence-corrected chi connectivity index (χ1v) is 11.5. The molecule has 0 saturated carbocycles. The minimum atomic E-state index is -0.181. The van der Waals surface area contributed by atoms with E-state index in [-0.39, 0.29) is 5.91 Å². The minimum Gasteiger partial charge on any atom is -0.378 e. The standard InChI is InChI=1S/C27H22N4OS/c1-30(2)22-15-13-19(14-16-22)17-23-25(21-11-7-4-8-12-21)29-31(26(23)32)27-28-24(18-33-27)20-9-5-3-6-10-20/h3-18H,1-2H3. The zero-order valence-corrected chi connectivity index (χ0v) is 19.2. The zero-order valence-electron chi connectivity index (χ0n) is 18.3. The van der Waals surface area contributed by atoms with E-state index in [9.17, 15) is 4.79 Å². The summed E-state index contributed by atoms with van der Waals surface area (Å²) in [5.41, 5.74) is 5.98. The number of thiazole rings is 1. The maximum Gasteiger partial charge on any atom is 0.283 e. The number of hydrogen-bond acceptors (Lipinski definition) is 5. The number of benzene rings is 3. The Labute approximate surface area is 197 Å². The van der Waals surface area contributed by atoms with Gasteiger partial charge in [0.15, 0.2) is 0 Å². The molecule has 0 unspecified atom stereocenters. The molecule has 0 atom stereocenters. The highest BCUT2D eigenvalue weighted by molar-refractivity contribution is 7.14. The number of hydrogen-bond donors (Lipinski definition) is 0. The quantitative estimate of drug-likeness (QED) is 0.366. The van der Waals surface area contributed by atoms with Gasteiger partial charge < -0.3 is 4.90 Å². The molecule has 0 aliphatic carbocycles. The van der Waals surface area contributed by atoms with Crippen LogP contribution in [0.25, 0.3) is 17.3 Å². The maximum absolute atomic E-state index is 13.5. The molecule has 1 amide bonds. The lowest BCUT2D eigenvalue weighted by atomic mass is 10.0. The van der Waals surface area contributed by atoms with Gasteiger partial charge in [0.1, 0.15) is 5.71 Å². The Hall–Kier alpha value is -4.03. The fraction of sp³-hybridized carbons (Fsp3) is 0.0741. The Morgan fingerprint density at radius 2 is 1.48 bits per heavy atom. The molecule has 0 fully saturated rings. The summed E-state index contributed by atoms with van der Waals surface area (Å²) in [6.45, 7) is 0. The van der Waals surface area contributed by atoms with Gasteiger partial charge in [0.25, 0.3) is 5.91 Å². The van der Waals surface area contributed by atoms with Gasteiger partial charge in [-0.1, -0.05) is 72.8 Å². The molecule has 4 aromatic rings. The summed E-state index contributed by atoms with van der Waals surface area (Å²) in [5.74, 6) is -0.181. The van der Waals surface area contributed by atoms with Gasteiger partial charge in [-0.05, 0) is 23.8 Å². The van der Waals surface area contributed by atoms with Gasteiger partial charge >= 0.3 is 0 Å². The molecule has 1 aliphatic rings. The second kappa shape index (κ2) is 8.84. The van der Waals surface area contributed by atoms with Crippen molar-refractivity contribution in [2.75, 3.05) is 24.0 Å². The summed E-state index contributed by atoms with van der Waals surface area (Å²) in [7, 11) is 4.01. The van der Waals surface area contributed by atoms with Crippen LogP contribution in [0.15, 0.2) is 101 Å². The zero-order chi connectivity index (χ0) is 22.8. The maximum atomic E-state index is 13.5. The molecule has 1 aliphatic heterocycles. The van der Waals surface area contributed by atoms with Crippen molar-refractivity contribution in [3.8, 4) is 11.3 Å². The first-order chi connectivity index (χ1) is 16.1. The largest absolute Gasteiger partial charge is 0.378 e. The molecule has 33 heavy (non-hydrogen) atoms. The van der Waals surface area contributed by atoms with E-state index in [0.29, 0.717) is 16.4 Å². The van der Waals surface area contributed by atoms with Gasteiger partial charge in [0.05, 0.1) is 11.3 Å². The Morgan fingerprint density at radius 3 is 2.12 bits per heavy atom. The Morgan fingerprint density at radius 1 is 0.848 bits per heavy atom. The van der Waals surface area contributed by atoms with Crippen LogP contribution in [0.4, 0.5) is 10.8 Å². The molecule has 0 radical (unpaired) electrons. The van der Waals surface area contributed by atoms with Crippen LogP contribution in [0.2, 0.25) is 0 Å². The summed E-state index contributed by atoms with van der Waals surface area (Å²) in [5, 5.41) is 8.64. The van der Waals surface area contributed by atoms with Gasteiger partial charge in [-0.3, -0.25) is 4.79 Å². The second-order valence-corrected chi connectivity index (χ2v) is 8.69. The van der Waals surface area contributed by atoms with Crippen LogP contribution in [0.5, 0.6) is 0 Å². The van der Waals surface area contributed by atoms with Gasteiger partial charge in [0.2, 0.25) is 5.13 Å². The third-order valence-corrected chi connectivity index (χ3v) is 6.20. The average Bonchev–Trinajstić information content (AvgIpc) is 3.46. The van der Waals surface area contributed by atoms with E-state index in [4.69, 9.17) is 10.1 Å². The predicted octanol–water partition coefficient (Wildman–Crippen LogP) is 5.71. The van der Waals surface area contributed by atoms with Crippen molar-refractivity contribution in [3.63, 3.8) is 0 Å². The van der Waals surface area contributed by atoms with Crippen LogP contribution >= 0.6 is 11.3 Å². The topological polar surface area (TPSA) is 48.8 Å². The van der Waals surface area contributed by atoms with Gasteiger partial charge in [-0.15, -0.1) is 11.3 Å². The smallest absolute Gasteiger partial charge is 0.283 e. The third-order valence-electron chi connectivity index (χ3n) is 5.39. The molecule has 3 aromatic carbocycles. The summed E-state index contributed by atoms with van der Waals surface area (Å²) < 4.78 is 0. The van der Waals surface area contributed by atoms with E-state index in [1.807, 2.05) is 115 Å². The second-order valence-electron chi connectivity index (χ2n) is 7.86. The molecule has 0 bridgehead atoms. The number of carbonyl (C=O) groups excluding carboxylic acids is 1. The molecular formula is C27H22N4OS. The number of amides is 1. The van der Waals surface area contributed by atoms with Crippen molar-refractivity contribution >= 4 is 39.9 Å². The first-order valence-electron chi connectivity index (χ1n) is 10.6. The highest BCUT2D eigenvalue weighted by atomic mass is 32.1. The van der Waals surface area contributed by atoms with Crippen LogP contribution in [-0.2, 0) is 4.79 Å². The van der Waals surface area contributed by atoms with Crippen molar-refractivity contribution in [1.82, 2.24) is 4.98 Å². The van der Waals surface area contributed by atoms with Crippen LogP contribution in [0.3, 0.4) is 0 Å².